The van der Waals surface area contributed by atoms with Crippen LogP contribution in [0.1, 0.15) is 60.4 Å². The molecule has 0 aliphatic carbocycles. The molecule has 124 valence electrons. The Hall–Kier alpha value is -1.77. The lowest BCUT2D eigenvalue weighted by molar-refractivity contribution is -0.116. The summed E-state index contributed by atoms with van der Waals surface area (Å²) in [6, 6.07) is 0. The molecule has 2 aliphatic heterocycles. The third-order valence-corrected chi connectivity index (χ3v) is 5.40. The first-order chi connectivity index (χ1) is 11.1. The topological polar surface area (TPSA) is 32.3 Å². The molecule has 0 bridgehead atoms. The lowest BCUT2D eigenvalue weighted by Gasteiger charge is -2.31. The molecule has 3 nitrogen and oxygen atoms in total. The standard InChI is InChI=1S/C20H28N2O/c1-5-6-9-16-18-15(4)19(22-10-7-8-11-22)14(3)13(2)17(18)12-21-20(16)23/h9H,5-8,10-12H2,1-4H3,(H,21,23)/b16-9-. The highest BCUT2D eigenvalue weighted by molar-refractivity contribution is 6.21. The zero-order valence-electron chi connectivity index (χ0n) is 14.9. The second kappa shape index (κ2) is 6.38. The van der Waals surface area contributed by atoms with Gasteiger partial charge < -0.3 is 10.2 Å². The molecule has 2 aliphatic rings. The molecule has 0 aromatic heterocycles. The van der Waals surface area contributed by atoms with Gasteiger partial charge in [-0.2, -0.15) is 0 Å². The third-order valence-electron chi connectivity index (χ3n) is 5.40. The van der Waals surface area contributed by atoms with Crippen molar-refractivity contribution in [2.75, 3.05) is 18.0 Å². The molecule has 3 rings (SSSR count). The molecule has 1 aromatic rings. The minimum Gasteiger partial charge on any atom is -0.371 e. The molecular formula is C20H28N2O. The molecule has 1 aromatic carbocycles. The van der Waals surface area contributed by atoms with Crippen molar-refractivity contribution in [3.8, 4) is 0 Å². The summed E-state index contributed by atoms with van der Waals surface area (Å²) in [6.07, 6.45) is 6.69. The number of anilines is 1. The molecule has 1 fully saturated rings. The fourth-order valence-electron chi connectivity index (χ4n) is 4.08. The van der Waals surface area contributed by atoms with E-state index in [1.807, 2.05) is 0 Å². The van der Waals surface area contributed by atoms with Gasteiger partial charge in [0.1, 0.15) is 0 Å². The van der Waals surface area contributed by atoms with Gasteiger partial charge in [-0.15, -0.1) is 0 Å². The van der Waals surface area contributed by atoms with E-state index in [2.05, 4.69) is 44.0 Å². The van der Waals surface area contributed by atoms with Crippen LogP contribution in [0.25, 0.3) is 5.57 Å². The van der Waals surface area contributed by atoms with Crippen LogP contribution in [-0.4, -0.2) is 19.0 Å². The van der Waals surface area contributed by atoms with Gasteiger partial charge in [0.15, 0.2) is 0 Å². The molecule has 23 heavy (non-hydrogen) atoms. The zero-order valence-corrected chi connectivity index (χ0v) is 14.9. The smallest absolute Gasteiger partial charge is 0.251 e. The van der Waals surface area contributed by atoms with Crippen molar-refractivity contribution in [2.45, 2.75) is 59.9 Å². The second-order valence-corrected chi connectivity index (χ2v) is 6.86. The molecule has 1 N–H and O–H groups in total. The SMILES string of the molecule is CCC/C=C1\C(=O)NCc2c(C)c(C)c(N3CCCC3)c(C)c21. The number of nitrogens with one attached hydrogen (secondary N) is 1. The Morgan fingerprint density at radius 3 is 2.43 bits per heavy atom. The van der Waals surface area contributed by atoms with Gasteiger partial charge in [0.2, 0.25) is 0 Å². The van der Waals surface area contributed by atoms with Crippen LogP contribution in [0.3, 0.4) is 0 Å². The lowest BCUT2D eigenvalue weighted by atomic mass is 9.84. The minimum atomic E-state index is 0.0877. The van der Waals surface area contributed by atoms with Crippen molar-refractivity contribution in [3.05, 3.63) is 33.9 Å². The predicted molar refractivity (Wildman–Crippen MR) is 96.8 cm³/mol. The average molecular weight is 312 g/mol. The van der Waals surface area contributed by atoms with E-state index in [1.54, 1.807) is 0 Å². The van der Waals surface area contributed by atoms with Crippen LogP contribution in [0.5, 0.6) is 0 Å². The molecule has 1 saturated heterocycles. The number of rotatable bonds is 3. The maximum atomic E-state index is 12.5. The van der Waals surface area contributed by atoms with E-state index in [4.69, 9.17) is 0 Å². The maximum absolute atomic E-state index is 12.5. The fourth-order valence-corrected chi connectivity index (χ4v) is 4.08. The van der Waals surface area contributed by atoms with Crippen LogP contribution in [-0.2, 0) is 11.3 Å². The summed E-state index contributed by atoms with van der Waals surface area (Å²) >= 11 is 0. The highest BCUT2D eigenvalue weighted by atomic mass is 16.1. The van der Waals surface area contributed by atoms with E-state index in [0.717, 1.165) is 31.5 Å². The lowest BCUT2D eigenvalue weighted by Crippen LogP contribution is -2.32. The van der Waals surface area contributed by atoms with Crippen molar-refractivity contribution in [1.82, 2.24) is 5.32 Å². The number of benzene rings is 1. The maximum Gasteiger partial charge on any atom is 0.251 e. The van der Waals surface area contributed by atoms with Crippen molar-refractivity contribution in [2.24, 2.45) is 0 Å². The summed E-state index contributed by atoms with van der Waals surface area (Å²) < 4.78 is 0. The quantitative estimate of drug-likeness (QED) is 0.855. The van der Waals surface area contributed by atoms with E-state index in [9.17, 15) is 4.79 Å². The first-order valence-corrected chi connectivity index (χ1v) is 8.92. The molecular weight excluding hydrogens is 284 g/mol. The van der Waals surface area contributed by atoms with E-state index in [-0.39, 0.29) is 5.91 Å². The molecule has 0 radical (unpaired) electrons. The Morgan fingerprint density at radius 1 is 1.09 bits per heavy atom. The molecule has 0 unspecified atom stereocenters. The van der Waals surface area contributed by atoms with Crippen LogP contribution in [0, 0.1) is 20.8 Å². The van der Waals surface area contributed by atoms with Crippen LogP contribution in [0.15, 0.2) is 6.08 Å². The normalized spacial score (nSPS) is 19.2. The summed E-state index contributed by atoms with van der Waals surface area (Å²) in [5, 5.41) is 3.06. The number of nitrogens with zero attached hydrogens (tertiary/aromatic N) is 1. The first kappa shape index (κ1) is 16.1. The molecule has 3 heteroatoms. The van der Waals surface area contributed by atoms with Gasteiger partial charge in [0.25, 0.3) is 5.91 Å². The summed E-state index contributed by atoms with van der Waals surface area (Å²) in [5.74, 6) is 0.0877. The van der Waals surface area contributed by atoms with E-state index in [0.29, 0.717) is 6.54 Å². The van der Waals surface area contributed by atoms with Gasteiger partial charge in [0.05, 0.1) is 0 Å². The number of fused-ring (bicyclic) bond motifs is 1. The summed E-state index contributed by atoms with van der Waals surface area (Å²) in [7, 11) is 0. The van der Waals surface area contributed by atoms with Gasteiger partial charge in [-0.25, -0.2) is 0 Å². The molecule has 0 saturated carbocycles. The van der Waals surface area contributed by atoms with Crippen LogP contribution in [0.2, 0.25) is 0 Å². The van der Waals surface area contributed by atoms with E-state index < -0.39 is 0 Å². The number of hydrogen-bond donors (Lipinski definition) is 1. The number of amides is 1. The second-order valence-electron chi connectivity index (χ2n) is 6.86. The predicted octanol–water partition coefficient (Wildman–Crippen LogP) is 4.03. The van der Waals surface area contributed by atoms with Crippen molar-refractivity contribution in [1.29, 1.82) is 0 Å². The Kier molecular flexibility index (Phi) is 4.47. The zero-order chi connectivity index (χ0) is 16.6. The number of carbonyl (C=O) groups excluding carboxylic acids is 1. The molecule has 2 heterocycles. The van der Waals surface area contributed by atoms with Crippen molar-refractivity contribution in [3.63, 3.8) is 0 Å². The summed E-state index contributed by atoms with van der Waals surface area (Å²) in [5.41, 5.74) is 8.79. The Morgan fingerprint density at radius 2 is 1.78 bits per heavy atom. The number of unbranched alkanes of at least 4 members (excludes halogenated alkanes) is 1. The summed E-state index contributed by atoms with van der Waals surface area (Å²) in [6.45, 7) is 11.7. The first-order valence-electron chi connectivity index (χ1n) is 8.92. The monoisotopic (exact) mass is 312 g/mol. The van der Waals surface area contributed by atoms with E-state index >= 15 is 0 Å². The molecule has 0 atom stereocenters. The van der Waals surface area contributed by atoms with Gasteiger partial charge in [-0.3, -0.25) is 4.79 Å². The van der Waals surface area contributed by atoms with Gasteiger partial charge in [-0.05, 0) is 67.9 Å². The average Bonchev–Trinajstić information content (AvgIpc) is 3.05. The summed E-state index contributed by atoms with van der Waals surface area (Å²) in [4.78, 5) is 15.0. The van der Waals surface area contributed by atoms with Crippen molar-refractivity contribution < 1.29 is 4.79 Å². The van der Waals surface area contributed by atoms with Crippen LogP contribution >= 0.6 is 0 Å². The van der Waals surface area contributed by atoms with Gasteiger partial charge >= 0.3 is 0 Å². The fraction of sp³-hybridized carbons (Fsp3) is 0.550. The van der Waals surface area contributed by atoms with E-state index in [1.165, 1.54) is 46.3 Å². The number of hydrogen-bond acceptors (Lipinski definition) is 2. The molecule has 0 spiro atoms. The van der Waals surface area contributed by atoms with Gasteiger partial charge in [-0.1, -0.05) is 19.4 Å². The Labute approximate surface area is 139 Å². The van der Waals surface area contributed by atoms with Crippen molar-refractivity contribution >= 4 is 17.2 Å². The highest BCUT2D eigenvalue weighted by Gasteiger charge is 2.29. The van der Waals surface area contributed by atoms with Crippen LogP contribution in [0.4, 0.5) is 5.69 Å². The third kappa shape index (κ3) is 2.66. The van der Waals surface area contributed by atoms with Crippen LogP contribution < -0.4 is 10.2 Å². The number of allylic oxidation sites excluding steroid dienone is 1. The largest absolute Gasteiger partial charge is 0.371 e. The molecule has 1 amide bonds. The highest BCUT2D eigenvalue weighted by Crippen LogP contribution is 2.40. The Balaban J connectivity index is 2.22. The minimum absolute atomic E-state index is 0.0877. The van der Waals surface area contributed by atoms with Gasteiger partial charge in [0, 0.05) is 30.9 Å². The Bertz CT molecular complexity index is 667. The number of carbonyl (C=O) groups is 1.